The number of halogens is 1. The molecule has 0 atom stereocenters. The molecule has 3 aromatic rings. The van der Waals surface area contributed by atoms with Crippen molar-refractivity contribution >= 4 is 44.3 Å². The molecule has 2 aliphatic carbocycles. The average molecular weight is 589 g/mol. The number of aryl methyl sites for hydroxylation is 1. The molecule has 216 valence electrons. The minimum atomic E-state index is -3.69. The first kappa shape index (κ1) is 28.9. The zero-order chi connectivity index (χ0) is 28.3. The van der Waals surface area contributed by atoms with Crippen LogP contribution in [0.4, 0.5) is 11.6 Å². The molecule has 40 heavy (non-hydrogen) atoms. The molecule has 2 saturated carbocycles. The van der Waals surface area contributed by atoms with Crippen LogP contribution in [0.3, 0.4) is 0 Å². The predicted molar refractivity (Wildman–Crippen MR) is 157 cm³/mol. The molecule has 0 aliphatic heterocycles. The second-order valence-electron chi connectivity index (χ2n) is 10.7. The first-order valence-corrected chi connectivity index (χ1v) is 15.9. The Kier molecular flexibility index (Phi) is 9.06. The number of rotatable bonds is 10. The van der Waals surface area contributed by atoms with Gasteiger partial charge in [-0.3, -0.25) is 9.36 Å². The van der Waals surface area contributed by atoms with Crippen molar-refractivity contribution in [3.63, 3.8) is 0 Å². The molecule has 0 bridgehead atoms. The third-order valence-electron chi connectivity index (χ3n) is 8.00. The van der Waals surface area contributed by atoms with Gasteiger partial charge in [0, 0.05) is 35.9 Å². The quantitative estimate of drug-likeness (QED) is 0.297. The van der Waals surface area contributed by atoms with Gasteiger partial charge < -0.3 is 15.4 Å². The number of pyridine rings is 1. The minimum Gasteiger partial charge on any atom is -0.377 e. The van der Waals surface area contributed by atoms with Gasteiger partial charge in [0.05, 0.1) is 17.6 Å². The summed E-state index contributed by atoms with van der Waals surface area (Å²) in [6, 6.07) is 7.07. The molecule has 0 radical (unpaired) electrons. The van der Waals surface area contributed by atoms with E-state index in [0.29, 0.717) is 40.9 Å². The average Bonchev–Trinajstić information content (AvgIpc) is 3.48. The topological polar surface area (TPSA) is 127 Å². The molecule has 12 heteroatoms. The fraction of sp³-hybridized carbons (Fsp3) is 0.536. The lowest BCUT2D eigenvalue weighted by molar-refractivity contribution is 0.0265. The Balaban J connectivity index is 1.25. The molecule has 0 amide bonds. The van der Waals surface area contributed by atoms with Crippen molar-refractivity contribution in [2.45, 2.75) is 81.4 Å². The predicted octanol–water partition coefficient (Wildman–Crippen LogP) is 4.44. The van der Waals surface area contributed by atoms with Crippen molar-refractivity contribution in [2.75, 3.05) is 25.5 Å². The van der Waals surface area contributed by atoms with Gasteiger partial charge in [0.2, 0.25) is 16.0 Å². The van der Waals surface area contributed by atoms with Crippen molar-refractivity contribution in [1.82, 2.24) is 24.6 Å². The van der Waals surface area contributed by atoms with Crippen LogP contribution in [-0.4, -0.2) is 55.3 Å². The molecule has 0 unspecified atom stereocenters. The highest BCUT2D eigenvalue weighted by Crippen LogP contribution is 2.31. The van der Waals surface area contributed by atoms with Crippen LogP contribution in [0.15, 0.2) is 40.2 Å². The smallest absolute Gasteiger partial charge is 0.271 e. The summed E-state index contributed by atoms with van der Waals surface area (Å²) in [6.45, 7) is 2.37. The van der Waals surface area contributed by atoms with E-state index in [1.165, 1.54) is 0 Å². The van der Waals surface area contributed by atoms with Gasteiger partial charge in [0.25, 0.3) is 5.56 Å². The number of fused-ring (bicyclic) bond motifs is 1. The van der Waals surface area contributed by atoms with Gasteiger partial charge in [-0.1, -0.05) is 24.4 Å². The number of benzene rings is 1. The van der Waals surface area contributed by atoms with Crippen molar-refractivity contribution in [1.29, 1.82) is 0 Å². The van der Waals surface area contributed by atoms with Crippen LogP contribution in [0, 0.1) is 6.92 Å². The Morgan fingerprint density at radius 3 is 2.55 bits per heavy atom. The Labute approximate surface area is 239 Å². The summed E-state index contributed by atoms with van der Waals surface area (Å²) in [5.74, 6) is 0.318. The van der Waals surface area contributed by atoms with Crippen LogP contribution in [0.25, 0.3) is 11.0 Å². The molecule has 2 aliphatic rings. The molecule has 1 aromatic carbocycles. The van der Waals surface area contributed by atoms with Crippen LogP contribution < -0.4 is 20.9 Å². The number of sulfonamides is 1. The first-order valence-electron chi connectivity index (χ1n) is 14.0. The maximum absolute atomic E-state index is 12.9. The summed E-state index contributed by atoms with van der Waals surface area (Å²) in [4.78, 5) is 22.1. The molecule has 3 N–H and O–H groups in total. The van der Waals surface area contributed by atoms with Crippen molar-refractivity contribution in [2.24, 2.45) is 0 Å². The Morgan fingerprint density at radius 2 is 1.85 bits per heavy atom. The number of nitrogens with one attached hydrogen (secondary N) is 3. The minimum absolute atomic E-state index is 0.0638. The lowest BCUT2D eigenvalue weighted by atomic mass is 9.93. The van der Waals surface area contributed by atoms with Crippen molar-refractivity contribution in [3.05, 3.63) is 51.4 Å². The lowest BCUT2D eigenvalue weighted by Crippen LogP contribution is -2.34. The van der Waals surface area contributed by atoms with Crippen molar-refractivity contribution < 1.29 is 13.2 Å². The summed E-state index contributed by atoms with van der Waals surface area (Å²) in [5, 5.41) is 7.34. The maximum atomic E-state index is 12.9. The Bertz CT molecular complexity index is 1520. The summed E-state index contributed by atoms with van der Waals surface area (Å²) in [6.07, 6.45) is 9.90. The number of nitrogens with zero attached hydrogens (tertiary/aromatic N) is 3. The van der Waals surface area contributed by atoms with Crippen LogP contribution in [-0.2, 0) is 14.8 Å². The highest BCUT2D eigenvalue weighted by atomic mass is 35.5. The Morgan fingerprint density at radius 1 is 1.10 bits per heavy atom. The van der Waals surface area contributed by atoms with E-state index in [4.69, 9.17) is 16.3 Å². The van der Waals surface area contributed by atoms with E-state index in [0.717, 1.165) is 51.4 Å². The highest BCUT2D eigenvalue weighted by molar-refractivity contribution is 7.89. The standard InChI is InChI=1S/C28H37ClN6O4S/c1-18-15-23(40(37,38)32-13-14-39-22-9-7-20(30-2)8-10-22)11-12-25(18)33-28-31-17-19-16-24(29)27(36)35(26(19)34-28)21-5-3-4-6-21/h11-12,15-17,20-22,30,32H,3-10,13-14H2,1-2H3,(H,31,33,34). The first-order chi connectivity index (χ1) is 19.2. The highest BCUT2D eigenvalue weighted by Gasteiger charge is 2.23. The number of aromatic nitrogens is 3. The molecular formula is C28H37ClN6O4S. The van der Waals surface area contributed by atoms with Gasteiger partial charge in [-0.15, -0.1) is 0 Å². The molecule has 0 saturated heterocycles. The SMILES string of the molecule is CNC1CCC(OCCNS(=O)(=O)c2ccc(Nc3ncc4cc(Cl)c(=O)n(C5CCCC5)c4n3)c(C)c2)CC1. The maximum Gasteiger partial charge on any atom is 0.271 e. The molecule has 5 rings (SSSR count). The molecular weight excluding hydrogens is 552 g/mol. The van der Waals surface area contributed by atoms with E-state index in [9.17, 15) is 13.2 Å². The van der Waals surface area contributed by atoms with Gasteiger partial charge in [0.15, 0.2) is 0 Å². The van der Waals surface area contributed by atoms with E-state index >= 15 is 0 Å². The normalized spacial score (nSPS) is 20.3. The largest absolute Gasteiger partial charge is 0.377 e. The van der Waals surface area contributed by atoms with E-state index < -0.39 is 10.0 Å². The second-order valence-corrected chi connectivity index (χ2v) is 12.9. The van der Waals surface area contributed by atoms with E-state index in [1.54, 1.807) is 35.0 Å². The number of hydrogen-bond acceptors (Lipinski definition) is 8. The van der Waals surface area contributed by atoms with Crippen LogP contribution in [0.5, 0.6) is 0 Å². The van der Waals surface area contributed by atoms with Gasteiger partial charge >= 0.3 is 0 Å². The second kappa shape index (κ2) is 12.5. The number of ether oxygens (including phenoxy) is 1. The molecule has 2 fully saturated rings. The summed E-state index contributed by atoms with van der Waals surface area (Å²) >= 11 is 6.23. The van der Waals surface area contributed by atoms with Crippen molar-refractivity contribution in [3.8, 4) is 0 Å². The van der Waals surface area contributed by atoms with E-state index in [2.05, 4.69) is 25.3 Å². The zero-order valence-electron chi connectivity index (χ0n) is 23.0. The van der Waals surface area contributed by atoms with Gasteiger partial charge in [-0.05, 0) is 82.3 Å². The van der Waals surface area contributed by atoms with Gasteiger partial charge in [-0.2, -0.15) is 4.98 Å². The van der Waals surface area contributed by atoms with Crippen LogP contribution >= 0.6 is 11.6 Å². The monoisotopic (exact) mass is 588 g/mol. The third kappa shape index (κ3) is 6.49. The van der Waals surface area contributed by atoms with Crippen LogP contribution in [0.2, 0.25) is 5.02 Å². The van der Waals surface area contributed by atoms with Crippen LogP contribution in [0.1, 0.15) is 63.0 Å². The number of hydrogen-bond donors (Lipinski definition) is 3. The number of anilines is 2. The third-order valence-corrected chi connectivity index (χ3v) is 9.73. The van der Waals surface area contributed by atoms with E-state index in [1.807, 2.05) is 14.0 Å². The van der Waals surface area contributed by atoms with Gasteiger partial charge in [0.1, 0.15) is 10.7 Å². The Hall–Kier alpha value is -2.57. The molecule has 10 nitrogen and oxygen atoms in total. The van der Waals surface area contributed by atoms with Gasteiger partial charge in [-0.25, -0.2) is 18.1 Å². The molecule has 2 aromatic heterocycles. The summed E-state index contributed by atoms with van der Waals surface area (Å²) in [5.41, 5.74) is 1.68. The zero-order valence-corrected chi connectivity index (χ0v) is 24.5. The molecule has 2 heterocycles. The lowest BCUT2D eigenvalue weighted by Gasteiger charge is -2.28. The fourth-order valence-corrected chi connectivity index (χ4v) is 7.02. The summed E-state index contributed by atoms with van der Waals surface area (Å²) < 4.78 is 36.0. The summed E-state index contributed by atoms with van der Waals surface area (Å²) in [7, 11) is -1.71. The van der Waals surface area contributed by atoms with E-state index in [-0.39, 0.29) is 34.2 Å². The fourth-order valence-electron chi connectivity index (χ4n) is 5.72. The molecule has 0 spiro atoms.